The van der Waals surface area contributed by atoms with Crippen molar-refractivity contribution < 1.29 is 19.1 Å². The van der Waals surface area contributed by atoms with Gasteiger partial charge in [-0.2, -0.15) is 0 Å². The number of fused-ring (bicyclic) bond motifs is 1. The second kappa shape index (κ2) is 8.57. The van der Waals surface area contributed by atoms with Gasteiger partial charge >= 0.3 is 6.03 Å². The fourth-order valence-electron chi connectivity index (χ4n) is 3.35. The number of ether oxygens (including phenoxy) is 1. The average Bonchev–Trinajstić information content (AvgIpc) is 2.76. The summed E-state index contributed by atoms with van der Waals surface area (Å²) in [5.41, 5.74) is 0.743. The monoisotopic (exact) mass is 476 g/mol. The predicted molar refractivity (Wildman–Crippen MR) is 123 cm³/mol. The van der Waals surface area contributed by atoms with Gasteiger partial charge < -0.3 is 4.74 Å². The highest BCUT2D eigenvalue weighted by molar-refractivity contribution is 9.10. The topological polar surface area (TPSA) is 75.7 Å². The van der Waals surface area contributed by atoms with Gasteiger partial charge in [0.25, 0.3) is 11.8 Å². The lowest BCUT2D eigenvalue weighted by Crippen LogP contribution is -2.54. The minimum absolute atomic E-state index is 0.172. The van der Waals surface area contributed by atoms with Crippen molar-refractivity contribution in [2.75, 3.05) is 11.5 Å². The number of halogens is 1. The Balaban J connectivity index is 1.81. The molecular weight excluding hydrogens is 460 g/mol. The Morgan fingerprint density at radius 3 is 2.61 bits per heavy atom. The van der Waals surface area contributed by atoms with Crippen LogP contribution < -0.4 is 15.0 Å². The van der Waals surface area contributed by atoms with Gasteiger partial charge in [0.2, 0.25) is 0 Å². The molecule has 154 valence electrons. The van der Waals surface area contributed by atoms with Crippen LogP contribution >= 0.6 is 15.9 Å². The molecular formula is C24H17BrN2O4. The first kappa shape index (κ1) is 20.6. The Kier molecular flexibility index (Phi) is 5.68. The summed E-state index contributed by atoms with van der Waals surface area (Å²) >= 11 is 3.39. The number of nitrogens with one attached hydrogen (secondary N) is 1. The van der Waals surface area contributed by atoms with E-state index in [1.807, 2.05) is 30.3 Å². The van der Waals surface area contributed by atoms with Crippen LogP contribution in [0.4, 0.5) is 10.5 Å². The van der Waals surface area contributed by atoms with Crippen LogP contribution in [0.15, 0.2) is 83.4 Å². The minimum atomic E-state index is -0.791. The van der Waals surface area contributed by atoms with Crippen LogP contribution in [-0.4, -0.2) is 24.5 Å². The number of carbonyl (C=O) groups is 3. The molecule has 1 saturated heterocycles. The Morgan fingerprint density at radius 1 is 1.03 bits per heavy atom. The summed E-state index contributed by atoms with van der Waals surface area (Å²) in [4.78, 5) is 39.5. The standard InChI is InChI=1S/C24H17BrN2O4/c1-2-12-31-21-11-10-17(25)13-16(21)14-19-22(28)26-24(30)27(23(19)29)20-9-5-7-15-6-3-4-8-18(15)20/h2-11,13-14H,1,12H2,(H,26,28,30)/b19-14+. The Bertz CT molecular complexity index is 1260. The van der Waals surface area contributed by atoms with Crippen molar-refractivity contribution in [1.82, 2.24) is 5.32 Å². The summed E-state index contributed by atoms with van der Waals surface area (Å²) < 4.78 is 6.38. The van der Waals surface area contributed by atoms with Gasteiger partial charge in [-0.1, -0.05) is 65.0 Å². The maximum absolute atomic E-state index is 13.3. The normalized spacial score (nSPS) is 15.3. The average molecular weight is 477 g/mol. The number of hydrogen-bond donors (Lipinski definition) is 1. The summed E-state index contributed by atoms with van der Waals surface area (Å²) in [7, 11) is 0. The molecule has 6 nitrogen and oxygen atoms in total. The van der Waals surface area contributed by atoms with E-state index >= 15 is 0 Å². The SMILES string of the molecule is C=CCOc1ccc(Br)cc1/C=C1\C(=O)NC(=O)N(c2cccc3ccccc23)C1=O. The molecule has 4 amide bonds. The number of barbiturate groups is 1. The van der Waals surface area contributed by atoms with E-state index < -0.39 is 17.8 Å². The quantitative estimate of drug-likeness (QED) is 0.325. The number of urea groups is 1. The Hall–Kier alpha value is -3.71. The van der Waals surface area contributed by atoms with Crippen LogP contribution in [0.25, 0.3) is 16.8 Å². The van der Waals surface area contributed by atoms with Crippen molar-refractivity contribution >= 4 is 56.3 Å². The van der Waals surface area contributed by atoms with Gasteiger partial charge in [0, 0.05) is 15.4 Å². The highest BCUT2D eigenvalue weighted by atomic mass is 79.9. The van der Waals surface area contributed by atoms with Crippen molar-refractivity contribution in [2.45, 2.75) is 0 Å². The molecule has 0 saturated carbocycles. The van der Waals surface area contributed by atoms with Gasteiger partial charge in [0.1, 0.15) is 17.9 Å². The smallest absolute Gasteiger partial charge is 0.335 e. The first-order chi connectivity index (χ1) is 15.0. The number of amides is 4. The molecule has 1 heterocycles. The van der Waals surface area contributed by atoms with Crippen molar-refractivity contribution in [3.8, 4) is 5.75 Å². The van der Waals surface area contributed by atoms with Crippen LogP contribution in [0, 0.1) is 0 Å². The molecule has 0 spiro atoms. The third kappa shape index (κ3) is 4.00. The zero-order chi connectivity index (χ0) is 22.0. The molecule has 1 N–H and O–H groups in total. The molecule has 4 rings (SSSR count). The molecule has 1 aliphatic heterocycles. The molecule has 0 radical (unpaired) electrons. The largest absolute Gasteiger partial charge is 0.489 e. The van der Waals surface area contributed by atoms with Crippen LogP contribution in [0.2, 0.25) is 0 Å². The molecule has 0 aliphatic carbocycles. The highest BCUT2D eigenvalue weighted by Gasteiger charge is 2.37. The first-order valence-electron chi connectivity index (χ1n) is 9.42. The van der Waals surface area contributed by atoms with Gasteiger partial charge in [-0.05, 0) is 35.7 Å². The van der Waals surface area contributed by atoms with E-state index in [0.29, 0.717) is 17.0 Å². The van der Waals surface area contributed by atoms with E-state index in [-0.39, 0.29) is 12.2 Å². The van der Waals surface area contributed by atoms with E-state index in [4.69, 9.17) is 4.74 Å². The summed E-state index contributed by atoms with van der Waals surface area (Å²) in [6, 6.07) is 17.2. The lowest BCUT2D eigenvalue weighted by Gasteiger charge is -2.27. The van der Waals surface area contributed by atoms with E-state index in [1.165, 1.54) is 6.08 Å². The maximum Gasteiger partial charge on any atom is 0.335 e. The van der Waals surface area contributed by atoms with Crippen molar-refractivity contribution in [3.63, 3.8) is 0 Å². The zero-order valence-electron chi connectivity index (χ0n) is 16.3. The Labute approximate surface area is 186 Å². The van der Waals surface area contributed by atoms with Gasteiger partial charge in [0.05, 0.1) is 5.69 Å². The van der Waals surface area contributed by atoms with Crippen LogP contribution in [-0.2, 0) is 9.59 Å². The number of imide groups is 2. The summed E-state index contributed by atoms with van der Waals surface area (Å²) in [5.74, 6) is -0.995. The zero-order valence-corrected chi connectivity index (χ0v) is 17.9. The third-order valence-corrected chi connectivity index (χ3v) is 5.23. The summed E-state index contributed by atoms with van der Waals surface area (Å²) in [5, 5.41) is 3.85. The summed E-state index contributed by atoms with van der Waals surface area (Å²) in [6.07, 6.45) is 3.02. The van der Waals surface area contributed by atoms with Crippen molar-refractivity contribution in [3.05, 3.63) is 88.9 Å². The first-order valence-corrected chi connectivity index (χ1v) is 10.2. The van der Waals surface area contributed by atoms with Crippen molar-refractivity contribution in [2.24, 2.45) is 0 Å². The second-order valence-corrected chi connectivity index (χ2v) is 7.65. The lowest BCUT2D eigenvalue weighted by molar-refractivity contribution is -0.122. The number of benzene rings is 3. The van der Waals surface area contributed by atoms with E-state index in [0.717, 1.165) is 20.1 Å². The van der Waals surface area contributed by atoms with Crippen LogP contribution in [0.1, 0.15) is 5.56 Å². The maximum atomic E-state index is 13.3. The molecule has 7 heteroatoms. The van der Waals surface area contributed by atoms with Crippen LogP contribution in [0.5, 0.6) is 5.75 Å². The number of rotatable bonds is 5. The predicted octanol–water partition coefficient (Wildman–Crippen LogP) is 4.83. The highest BCUT2D eigenvalue weighted by Crippen LogP contribution is 2.31. The summed E-state index contributed by atoms with van der Waals surface area (Å²) in [6.45, 7) is 3.89. The number of nitrogens with zero attached hydrogens (tertiary/aromatic N) is 1. The van der Waals surface area contributed by atoms with Gasteiger partial charge in [0.15, 0.2) is 0 Å². The second-order valence-electron chi connectivity index (χ2n) is 6.74. The fraction of sp³-hybridized carbons (Fsp3) is 0.0417. The van der Waals surface area contributed by atoms with Gasteiger partial charge in [-0.3, -0.25) is 14.9 Å². The van der Waals surface area contributed by atoms with Crippen molar-refractivity contribution in [1.29, 1.82) is 0 Å². The molecule has 3 aromatic carbocycles. The fourth-order valence-corrected chi connectivity index (χ4v) is 3.73. The van der Waals surface area contributed by atoms with Gasteiger partial charge in [-0.25, -0.2) is 9.69 Å². The molecule has 3 aromatic rings. The molecule has 31 heavy (non-hydrogen) atoms. The van der Waals surface area contributed by atoms with E-state index in [2.05, 4.69) is 27.8 Å². The molecule has 0 atom stereocenters. The number of anilines is 1. The number of hydrogen-bond acceptors (Lipinski definition) is 4. The number of carbonyl (C=O) groups excluding carboxylic acids is 3. The molecule has 1 aliphatic rings. The van der Waals surface area contributed by atoms with Gasteiger partial charge in [-0.15, -0.1) is 0 Å². The van der Waals surface area contributed by atoms with Crippen LogP contribution in [0.3, 0.4) is 0 Å². The molecule has 0 unspecified atom stereocenters. The molecule has 1 fully saturated rings. The van der Waals surface area contributed by atoms with E-state index in [1.54, 1.807) is 36.4 Å². The Morgan fingerprint density at radius 2 is 1.81 bits per heavy atom. The third-order valence-electron chi connectivity index (χ3n) is 4.74. The van der Waals surface area contributed by atoms with E-state index in [9.17, 15) is 14.4 Å². The minimum Gasteiger partial charge on any atom is -0.489 e. The lowest BCUT2D eigenvalue weighted by atomic mass is 10.0. The molecule has 0 aromatic heterocycles. The molecule has 0 bridgehead atoms.